The predicted octanol–water partition coefficient (Wildman–Crippen LogP) is 8.53. The van der Waals surface area contributed by atoms with Gasteiger partial charge in [0.2, 0.25) is 0 Å². The molecule has 186 valence electrons. The number of hydrogen-bond donors (Lipinski definition) is 1. The van der Waals surface area contributed by atoms with Crippen LogP contribution >= 0.6 is 0 Å². The van der Waals surface area contributed by atoms with Gasteiger partial charge in [-0.05, 0) is 116 Å². The van der Waals surface area contributed by atoms with Gasteiger partial charge in [0.05, 0.1) is 0 Å². The minimum Gasteiger partial charge on any atom is -0.481 e. The molecule has 4 aliphatic rings. The molecule has 3 saturated carbocycles. The standard InChI is InChI=1S/C31H50O2/c1-7-23(20(2)3)9-8-21(4)26-12-13-27-25-11-10-24-18-22(19-29(32)33)14-16-30(24,5)28(25)15-17-31(26,27)6/h8-10,20-23,25-28H,7,11-19H2,1-6H3,(H,32,33)/t21-,22-,23-,25+,26-,27+,28+,30+,31-/m1/s1. The van der Waals surface area contributed by atoms with Gasteiger partial charge in [-0.25, -0.2) is 0 Å². The third kappa shape index (κ3) is 4.50. The Balaban J connectivity index is 1.49. The molecule has 2 heteroatoms. The second-order valence-corrected chi connectivity index (χ2v) is 13.3. The summed E-state index contributed by atoms with van der Waals surface area (Å²) in [5.74, 6) is 5.22. The SMILES string of the molecule is CC[C@H](C=C[C@@H](C)[C@H]1CC[C@H]2[C@@H]3CC=C4C[C@H](CC(=O)O)CC[C@]4(C)[C@H]3CC[C@]12C)C(C)C. The van der Waals surface area contributed by atoms with Gasteiger partial charge in [-0.2, -0.15) is 0 Å². The van der Waals surface area contributed by atoms with Gasteiger partial charge in [-0.1, -0.05) is 65.3 Å². The van der Waals surface area contributed by atoms with Crippen LogP contribution in [0.3, 0.4) is 0 Å². The number of carbonyl (C=O) groups is 1. The molecule has 0 bridgehead atoms. The highest BCUT2D eigenvalue weighted by Gasteiger charge is 2.59. The predicted molar refractivity (Wildman–Crippen MR) is 138 cm³/mol. The maximum atomic E-state index is 11.3. The number of allylic oxidation sites excluding steroid dienone is 4. The number of fused-ring (bicyclic) bond motifs is 5. The summed E-state index contributed by atoms with van der Waals surface area (Å²) in [6, 6.07) is 0. The van der Waals surface area contributed by atoms with E-state index in [1.165, 1.54) is 44.9 Å². The van der Waals surface area contributed by atoms with Crippen LogP contribution in [0.25, 0.3) is 0 Å². The summed E-state index contributed by atoms with van der Waals surface area (Å²) in [4.78, 5) is 11.3. The molecule has 3 fully saturated rings. The molecule has 4 rings (SSSR count). The van der Waals surface area contributed by atoms with E-state index in [4.69, 9.17) is 0 Å². The van der Waals surface area contributed by atoms with Crippen molar-refractivity contribution >= 4 is 5.97 Å². The van der Waals surface area contributed by atoms with Crippen LogP contribution in [0.4, 0.5) is 0 Å². The molecule has 0 spiro atoms. The minimum absolute atomic E-state index is 0.328. The molecule has 0 radical (unpaired) electrons. The third-order valence-electron chi connectivity index (χ3n) is 11.4. The Bertz CT molecular complexity index is 778. The molecular weight excluding hydrogens is 404 g/mol. The number of rotatable bonds is 7. The first-order chi connectivity index (χ1) is 15.6. The fourth-order valence-electron chi connectivity index (χ4n) is 9.34. The summed E-state index contributed by atoms with van der Waals surface area (Å²) < 4.78 is 0. The van der Waals surface area contributed by atoms with Gasteiger partial charge in [0.15, 0.2) is 0 Å². The smallest absolute Gasteiger partial charge is 0.303 e. The first-order valence-electron chi connectivity index (χ1n) is 14.2. The van der Waals surface area contributed by atoms with Gasteiger partial charge in [0.25, 0.3) is 0 Å². The molecule has 4 aliphatic carbocycles. The first-order valence-corrected chi connectivity index (χ1v) is 14.2. The van der Waals surface area contributed by atoms with Gasteiger partial charge < -0.3 is 5.11 Å². The number of carboxylic acids is 1. The molecule has 0 heterocycles. The summed E-state index contributed by atoms with van der Waals surface area (Å²) in [5, 5.41) is 9.30. The normalized spacial score (nSPS) is 42.4. The maximum Gasteiger partial charge on any atom is 0.303 e. The van der Waals surface area contributed by atoms with Crippen molar-refractivity contribution in [1.82, 2.24) is 0 Å². The quantitative estimate of drug-likeness (QED) is 0.391. The van der Waals surface area contributed by atoms with Gasteiger partial charge in [-0.3, -0.25) is 4.79 Å². The van der Waals surface area contributed by atoms with Crippen molar-refractivity contribution in [1.29, 1.82) is 0 Å². The van der Waals surface area contributed by atoms with Crippen molar-refractivity contribution in [2.45, 2.75) is 106 Å². The van der Waals surface area contributed by atoms with E-state index in [0.717, 1.165) is 42.4 Å². The Morgan fingerprint density at radius 2 is 1.85 bits per heavy atom. The fourth-order valence-corrected chi connectivity index (χ4v) is 9.34. The number of carboxylic acid groups (broad SMARTS) is 1. The minimum atomic E-state index is -0.620. The van der Waals surface area contributed by atoms with Crippen LogP contribution in [0, 0.1) is 58.2 Å². The van der Waals surface area contributed by atoms with Gasteiger partial charge >= 0.3 is 5.97 Å². The van der Waals surface area contributed by atoms with E-state index in [2.05, 4.69) is 59.8 Å². The van der Waals surface area contributed by atoms with Crippen molar-refractivity contribution < 1.29 is 9.90 Å². The zero-order valence-corrected chi connectivity index (χ0v) is 22.3. The molecule has 0 aliphatic heterocycles. The van der Waals surface area contributed by atoms with E-state index in [-0.39, 0.29) is 0 Å². The maximum absolute atomic E-state index is 11.3. The summed E-state index contributed by atoms with van der Waals surface area (Å²) in [6.07, 6.45) is 19.5. The van der Waals surface area contributed by atoms with Crippen molar-refractivity contribution in [2.75, 3.05) is 0 Å². The lowest BCUT2D eigenvalue weighted by molar-refractivity contribution is -0.138. The fraction of sp³-hybridized carbons (Fsp3) is 0.839. The Labute approximate surface area is 203 Å². The highest BCUT2D eigenvalue weighted by Crippen LogP contribution is 2.67. The molecule has 1 N–H and O–H groups in total. The lowest BCUT2D eigenvalue weighted by Gasteiger charge is -2.58. The van der Waals surface area contributed by atoms with E-state index < -0.39 is 5.97 Å². The van der Waals surface area contributed by atoms with Gasteiger partial charge in [0.1, 0.15) is 0 Å². The average Bonchev–Trinajstić information content (AvgIpc) is 3.11. The lowest BCUT2D eigenvalue weighted by Crippen LogP contribution is -2.50. The Kier molecular flexibility index (Phi) is 7.24. The molecule has 0 unspecified atom stereocenters. The van der Waals surface area contributed by atoms with Crippen LogP contribution in [0.5, 0.6) is 0 Å². The van der Waals surface area contributed by atoms with Crippen molar-refractivity contribution in [3.05, 3.63) is 23.8 Å². The first kappa shape index (κ1) is 25.1. The molecule has 9 atom stereocenters. The summed E-state index contributed by atoms with van der Waals surface area (Å²) in [6.45, 7) is 14.7. The van der Waals surface area contributed by atoms with E-state index in [1.807, 2.05) is 0 Å². The van der Waals surface area contributed by atoms with Crippen LogP contribution in [-0.4, -0.2) is 11.1 Å². The Morgan fingerprint density at radius 1 is 1.09 bits per heavy atom. The zero-order chi connectivity index (χ0) is 24.0. The highest BCUT2D eigenvalue weighted by molar-refractivity contribution is 5.67. The van der Waals surface area contributed by atoms with Crippen LogP contribution in [0.15, 0.2) is 23.8 Å². The van der Waals surface area contributed by atoms with E-state index in [1.54, 1.807) is 5.57 Å². The van der Waals surface area contributed by atoms with Crippen LogP contribution < -0.4 is 0 Å². The second kappa shape index (κ2) is 9.54. The molecular formula is C31H50O2. The number of hydrogen-bond acceptors (Lipinski definition) is 1. The van der Waals surface area contributed by atoms with Crippen LogP contribution in [0.1, 0.15) is 106 Å². The molecule has 0 amide bonds. The lowest BCUT2D eigenvalue weighted by atomic mass is 9.46. The van der Waals surface area contributed by atoms with Crippen molar-refractivity contribution in [3.63, 3.8) is 0 Å². The molecule has 0 saturated heterocycles. The molecule has 0 aromatic heterocycles. The van der Waals surface area contributed by atoms with Crippen LogP contribution in [0.2, 0.25) is 0 Å². The molecule has 2 nitrogen and oxygen atoms in total. The van der Waals surface area contributed by atoms with Crippen molar-refractivity contribution in [3.8, 4) is 0 Å². The van der Waals surface area contributed by atoms with E-state index in [9.17, 15) is 9.90 Å². The summed E-state index contributed by atoms with van der Waals surface area (Å²) in [5.41, 5.74) is 2.44. The van der Waals surface area contributed by atoms with E-state index >= 15 is 0 Å². The van der Waals surface area contributed by atoms with Gasteiger partial charge in [-0.15, -0.1) is 0 Å². The van der Waals surface area contributed by atoms with Crippen molar-refractivity contribution in [2.24, 2.45) is 58.2 Å². The van der Waals surface area contributed by atoms with E-state index in [0.29, 0.717) is 35.0 Å². The number of aliphatic carboxylic acids is 1. The largest absolute Gasteiger partial charge is 0.481 e. The molecule has 0 aromatic rings. The summed E-state index contributed by atoms with van der Waals surface area (Å²) in [7, 11) is 0. The molecule has 0 aromatic carbocycles. The molecule has 33 heavy (non-hydrogen) atoms. The Morgan fingerprint density at radius 3 is 2.52 bits per heavy atom. The topological polar surface area (TPSA) is 37.3 Å². The van der Waals surface area contributed by atoms with Gasteiger partial charge in [0, 0.05) is 6.42 Å². The Hall–Kier alpha value is -1.05. The second-order valence-electron chi connectivity index (χ2n) is 13.3. The average molecular weight is 455 g/mol. The zero-order valence-electron chi connectivity index (χ0n) is 22.3. The highest BCUT2D eigenvalue weighted by atomic mass is 16.4. The summed E-state index contributed by atoms with van der Waals surface area (Å²) >= 11 is 0. The van der Waals surface area contributed by atoms with Crippen LogP contribution in [-0.2, 0) is 4.79 Å². The monoisotopic (exact) mass is 454 g/mol. The third-order valence-corrected chi connectivity index (χ3v) is 11.4.